The average molecular weight is 287 g/mol. The Kier molecular flexibility index (Phi) is 4.20. The van der Waals surface area contributed by atoms with Crippen molar-refractivity contribution in [2.24, 2.45) is 0 Å². The van der Waals surface area contributed by atoms with Gasteiger partial charge in [0.05, 0.1) is 0 Å². The van der Waals surface area contributed by atoms with E-state index in [2.05, 4.69) is 34.5 Å². The molecule has 1 atom stereocenters. The minimum atomic E-state index is 0.329. The molecule has 0 aliphatic heterocycles. The third-order valence-electron chi connectivity index (χ3n) is 3.86. The number of ether oxygens (including phenoxy) is 1. The zero-order valence-corrected chi connectivity index (χ0v) is 12.6. The third-order valence-corrected chi connectivity index (χ3v) is 3.86. The Labute approximate surface area is 124 Å². The molecule has 0 saturated carbocycles. The Hall–Kier alpha value is -1.88. The van der Waals surface area contributed by atoms with Crippen LogP contribution in [-0.4, -0.2) is 16.7 Å². The summed E-state index contributed by atoms with van der Waals surface area (Å²) in [6, 6.07) is 6.70. The maximum absolute atomic E-state index is 5.90. The maximum Gasteiger partial charge on any atom is 0.264 e. The highest BCUT2D eigenvalue weighted by molar-refractivity contribution is 5.45. The van der Waals surface area contributed by atoms with Gasteiger partial charge in [-0.1, -0.05) is 31.1 Å². The fourth-order valence-corrected chi connectivity index (χ4v) is 2.85. The van der Waals surface area contributed by atoms with E-state index in [1.165, 1.54) is 11.1 Å². The van der Waals surface area contributed by atoms with Crippen LogP contribution < -0.4 is 10.1 Å². The summed E-state index contributed by atoms with van der Waals surface area (Å²) in [6.45, 7) is 5.45. The van der Waals surface area contributed by atoms with Crippen molar-refractivity contribution in [3.8, 4) is 5.75 Å². The van der Waals surface area contributed by atoms with Gasteiger partial charge in [0.2, 0.25) is 0 Å². The molecule has 112 valence electrons. The van der Waals surface area contributed by atoms with E-state index in [-0.39, 0.29) is 0 Å². The number of aryl methyl sites for hydroxylation is 1. The van der Waals surface area contributed by atoms with E-state index >= 15 is 0 Å². The van der Waals surface area contributed by atoms with E-state index in [0.717, 1.165) is 37.4 Å². The van der Waals surface area contributed by atoms with Crippen LogP contribution in [0.3, 0.4) is 0 Å². The Morgan fingerprint density at radius 1 is 1.38 bits per heavy atom. The van der Waals surface area contributed by atoms with Crippen molar-refractivity contribution in [3.05, 3.63) is 41.0 Å². The summed E-state index contributed by atoms with van der Waals surface area (Å²) in [5, 5.41) is 7.40. The van der Waals surface area contributed by atoms with E-state index in [1.54, 1.807) is 0 Å². The van der Waals surface area contributed by atoms with Gasteiger partial charge in [0.1, 0.15) is 5.75 Å². The molecule has 5 nitrogen and oxygen atoms in total. The normalized spacial score (nSPS) is 17.0. The zero-order valence-electron chi connectivity index (χ0n) is 12.6. The summed E-state index contributed by atoms with van der Waals surface area (Å²) in [5.41, 5.74) is 2.66. The van der Waals surface area contributed by atoms with Crippen molar-refractivity contribution in [2.45, 2.75) is 45.8 Å². The molecule has 3 rings (SSSR count). The minimum Gasteiger partial charge on any atom is -0.483 e. The standard InChI is InChI=1S/C16H21N3O2/c1-3-15-18-16(21-19-15)10-20-14-7-5-6-11-12(14)8-9-13(11)17-4-2/h5-7,13,17H,3-4,8-10H2,1-2H3. The Morgan fingerprint density at radius 2 is 2.29 bits per heavy atom. The Bertz CT molecular complexity index is 609. The lowest BCUT2D eigenvalue weighted by atomic mass is 10.1. The van der Waals surface area contributed by atoms with Crippen molar-refractivity contribution in [2.75, 3.05) is 6.54 Å². The molecule has 1 aliphatic rings. The first-order valence-corrected chi connectivity index (χ1v) is 7.61. The fourth-order valence-electron chi connectivity index (χ4n) is 2.85. The molecule has 0 fully saturated rings. The van der Waals surface area contributed by atoms with Crippen molar-refractivity contribution >= 4 is 0 Å². The van der Waals surface area contributed by atoms with Gasteiger partial charge in [-0.2, -0.15) is 4.98 Å². The average Bonchev–Trinajstić information content (AvgIpc) is 3.13. The first kappa shape index (κ1) is 14.1. The van der Waals surface area contributed by atoms with Crippen molar-refractivity contribution in [1.29, 1.82) is 0 Å². The minimum absolute atomic E-state index is 0.329. The molecule has 1 N–H and O–H groups in total. The summed E-state index contributed by atoms with van der Waals surface area (Å²) in [5.74, 6) is 2.19. The number of nitrogens with zero attached hydrogens (tertiary/aromatic N) is 2. The molecule has 1 aliphatic carbocycles. The van der Waals surface area contributed by atoms with Crippen LogP contribution in [0.2, 0.25) is 0 Å². The van der Waals surface area contributed by atoms with E-state index in [9.17, 15) is 0 Å². The molecule has 1 unspecified atom stereocenters. The second-order valence-electron chi connectivity index (χ2n) is 5.22. The summed E-state index contributed by atoms with van der Waals surface area (Å²) in [7, 11) is 0. The van der Waals surface area contributed by atoms with Gasteiger partial charge in [-0.3, -0.25) is 0 Å². The molecule has 1 aromatic heterocycles. The number of benzene rings is 1. The van der Waals surface area contributed by atoms with Gasteiger partial charge >= 0.3 is 0 Å². The highest BCUT2D eigenvalue weighted by Gasteiger charge is 2.24. The van der Waals surface area contributed by atoms with Gasteiger partial charge in [-0.25, -0.2) is 0 Å². The summed E-state index contributed by atoms with van der Waals surface area (Å²) < 4.78 is 11.1. The second kappa shape index (κ2) is 6.26. The van der Waals surface area contributed by atoms with Gasteiger partial charge in [0.15, 0.2) is 12.4 Å². The van der Waals surface area contributed by atoms with E-state index in [1.807, 2.05) is 13.0 Å². The lowest BCUT2D eigenvalue weighted by Gasteiger charge is -2.13. The van der Waals surface area contributed by atoms with E-state index in [0.29, 0.717) is 18.5 Å². The topological polar surface area (TPSA) is 60.2 Å². The largest absolute Gasteiger partial charge is 0.483 e. The molecule has 0 radical (unpaired) electrons. The van der Waals surface area contributed by atoms with Gasteiger partial charge in [-0.05, 0) is 36.6 Å². The Morgan fingerprint density at radius 3 is 3.05 bits per heavy atom. The molecule has 21 heavy (non-hydrogen) atoms. The highest BCUT2D eigenvalue weighted by atomic mass is 16.5. The van der Waals surface area contributed by atoms with Crippen LogP contribution in [-0.2, 0) is 19.4 Å². The molecule has 2 aromatic rings. The van der Waals surface area contributed by atoms with Crippen LogP contribution in [0.25, 0.3) is 0 Å². The highest BCUT2D eigenvalue weighted by Crippen LogP contribution is 2.37. The van der Waals surface area contributed by atoms with Crippen LogP contribution in [0.5, 0.6) is 5.75 Å². The van der Waals surface area contributed by atoms with Crippen LogP contribution in [0, 0.1) is 0 Å². The molecular weight excluding hydrogens is 266 g/mol. The molecule has 0 spiro atoms. The molecule has 1 aromatic carbocycles. The molecule has 0 amide bonds. The van der Waals surface area contributed by atoms with Crippen LogP contribution in [0.1, 0.15) is 49.2 Å². The zero-order chi connectivity index (χ0) is 14.7. The van der Waals surface area contributed by atoms with Crippen LogP contribution >= 0.6 is 0 Å². The number of fused-ring (bicyclic) bond motifs is 1. The van der Waals surface area contributed by atoms with Crippen LogP contribution in [0.15, 0.2) is 22.7 Å². The van der Waals surface area contributed by atoms with Gasteiger partial charge in [0, 0.05) is 12.5 Å². The first-order valence-electron chi connectivity index (χ1n) is 7.61. The van der Waals surface area contributed by atoms with Gasteiger partial charge in [0.25, 0.3) is 5.89 Å². The number of nitrogens with one attached hydrogen (secondary N) is 1. The third kappa shape index (κ3) is 2.93. The molecular formula is C16H21N3O2. The van der Waals surface area contributed by atoms with Gasteiger partial charge in [-0.15, -0.1) is 0 Å². The molecule has 1 heterocycles. The maximum atomic E-state index is 5.90. The number of hydrogen-bond acceptors (Lipinski definition) is 5. The molecule has 0 bridgehead atoms. The summed E-state index contributed by atoms with van der Waals surface area (Å²) in [4.78, 5) is 4.27. The lowest BCUT2D eigenvalue weighted by Crippen LogP contribution is -2.18. The first-order chi connectivity index (χ1) is 10.3. The second-order valence-corrected chi connectivity index (χ2v) is 5.22. The summed E-state index contributed by atoms with van der Waals surface area (Å²) >= 11 is 0. The van der Waals surface area contributed by atoms with Crippen molar-refractivity contribution < 1.29 is 9.26 Å². The predicted octanol–water partition coefficient (Wildman–Crippen LogP) is 2.81. The molecule has 0 saturated heterocycles. The van der Waals surface area contributed by atoms with Crippen LogP contribution in [0.4, 0.5) is 0 Å². The number of hydrogen-bond donors (Lipinski definition) is 1. The van der Waals surface area contributed by atoms with Crippen molar-refractivity contribution in [3.63, 3.8) is 0 Å². The van der Waals surface area contributed by atoms with Gasteiger partial charge < -0.3 is 14.6 Å². The monoisotopic (exact) mass is 287 g/mol. The lowest BCUT2D eigenvalue weighted by molar-refractivity contribution is 0.241. The molecule has 5 heteroatoms. The van der Waals surface area contributed by atoms with E-state index < -0.39 is 0 Å². The Balaban J connectivity index is 1.72. The van der Waals surface area contributed by atoms with Crippen molar-refractivity contribution in [1.82, 2.24) is 15.5 Å². The summed E-state index contributed by atoms with van der Waals surface area (Å²) in [6.07, 6.45) is 2.95. The SMILES string of the molecule is CCNC1CCc2c(OCc3nc(CC)no3)cccc21. The quantitative estimate of drug-likeness (QED) is 0.885. The number of aromatic nitrogens is 2. The number of rotatable bonds is 6. The fraction of sp³-hybridized carbons (Fsp3) is 0.500. The van der Waals surface area contributed by atoms with E-state index in [4.69, 9.17) is 9.26 Å². The predicted molar refractivity (Wildman–Crippen MR) is 79.2 cm³/mol. The smallest absolute Gasteiger partial charge is 0.264 e.